The molecule has 1 N–H and O–H groups in total. The second-order valence-corrected chi connectivity index (χ2v) is 7.14. The Morgan fingerprint density at radius 1 is 1.26 bits per heavy atom. The van der Waals surface area contributed by atoms with Gasteiger partial charge in [-0.15, -0.1) is 0 Å². The van der Waals surface area contributed by atoms with Crippen molar-refractivity contribution in [2.75, 3.05) is 6.61 Å². The minimum Gasteiger partial charge on any atom is -0.493 e. The fourth-order valence-corrected chi connectivity index (χ4v) is 3.78. The molecule has 0 saturated heterocycles. The highest BCUT2D eigenvalue weighted by atomic mass is 16.5. The van der Waals surface area contributed by atoms with Gasteiger partial charge in [-0.2, -0.15) is 5.26 Å². The summed E-state index contributed by atoms with van der Waals surface area (Å²) < 4.78 is 5.75. The number of carbonyl (C=O) groups excluding carboxylic acids is 1. The Bertz CT molecular complexity index is 895. The molecule has 4 heteroatoms. The SMILES string of the molecule is CCOc1ccc2ccccc2c1/C=C(\C#N)C(=O)N[C@@H]1CCCC[C@@H]1C. The molecule has 1 aliphatic rings. The van der Waals surface area contributed by atoms with E-state index >= 15 is 0 Å². The van der Waals surface area contributed by atoms with E-state index in [4.69, 9.17) is 4.74 Å². The van der Waals surface area contributed by atoms with Crippen LogP contribution in [-0.2, 0) is 4.79 Å². The van der Waals surface area contributed by atoms with E-state index in [9.17, 15) is 10.1 Å². The lowest BCUT2D eigenvalue weighted by molar-refractivity contribution is -0.118. The average molecular weight is 362 g/mol. The van der Waals surface area contributed by atoms with Gasteiger partial charge >= 0.3 is 0 Å². The van der Waals surface area contributed by atoms with Crippen molar-refractivity contribution in [3.05, 3.63) is 47.5 Å². The Hall–Kier alpha value is -2.80. The Morgan fingerprint density at radius 2 is 2.04 bits per heavy atom. The molecule has 2 atom stereocenters. The minimum absolute atomic E-state index is 0.116. The largest absolute Gasteiger partial charge is 0.493 e. The number of rotatable bonds is 5. The van der Waals surface area contributed by atoms with Crippen molar-refractivity contribution in [3.8, 4) is 11.8 Å². The summed E-state index contributed by atoms with van der Waals surface area (Å²) in [7, 11) is 0. The van der Waals surface area contributed by atoms with Crippen LogP contribution in [0.25, 0.3) is 16.8 Å². The van der Waals surface area contributed by atoms with Crippen molar-refractivity contribution in [2.24, 2.45) is 5.92 Å². The first-order valence-electron chi connectivity index (χ1n) is 9.71. The van der Waals surface area contributed by atoms with Gasteiger partial charge in [0, 0.05) is 11.6 Å². The summed E-state index contributed by atoms with van der Waals surface area (Å²) in [6, 6.07) is 14.0. The molecule has 4 nitrogen and oxygen atoms in total. The highest BCUT2D eigenvalue weighted by Crippen LogP contribution is 2.30. The van der Waals surface area contributed by atoms with E-state index in [0.29, 0.717) is 18.3 Å². The number of benzene rings is 2. The van der Waals surface area contributed by atoms with Crippen LogP contribution < -0.4 is 10.1 Å². The summed E-state index contributed by atoms with van der Waals surface area (Å²) in [6.07, 6.45) is 6.09. The molecule has 0 aromatic heterocycles. The molecule has 2 aromatic carbocycles. The van der Waals surface area contributed by atoms with Crippen molar-refractivity contribution >= 4 is 22.8 Å². The monoisotopic (exact) mass is 362 g/mol. The standard InChI is InChI=1S/C23H26N2O2/c1-3-27-22-13-12-17-9-5-6-10-19(17)20(22)14-18(15-24)23(26)25-21-11-7-4-8-16(21)2/h5-6,9-10,12-14,16,21H,3-4,7-8,11H2,1-2H3,(H,25,26)/b18-14+/t16-,21+/m0/s1. The number of amides is 1. The maximum atomic E-state index is 12.8. The van der Waals surface area contributed by atoms with Gasteiger partial charge in [0.15, 0.2) is 0 Å². The molecule has 1 fully saturated rings. The average Bonchev–Trinajstić information content (AvgIpc) is 2.69. The highest BCUT2D eigenvalue weighted by Gasteiger charge is 2.24. The zero-order valence-corrected chi connectivity index (χ0v) is 16.0. The van der Waals surface area contributed by atoms with Crippen LogP contribution in [0.15, 0.2) is 42.0 Å². The molecule has 0 aliphatic heterocycles. The smallest absolute Gasteiger partial charge is 0.262 e. The molecular weight excluding hydrogens is 336 g/mol. The van der Waals surface area contributed by atoms with Crippen molar-refractivity contribution in [1.82, 2.24) is 5.32 Å². The van der Waals surface area contributed by atoms with Crippen LogP contribution in [0.2, 0.25) is 0 Å². The number of nitriles is 1. The summed E-state index contributed by atoms with van der Waals surface area (Å²) in [5.74, 6) is 0.827. The number of nitrogens with one attached hydrogen (secondary N) is 1. The van der Waals surface area contributed by atoms with Crippen molar-refractivity contribution in [2.45, 2.75) is 45.6 Å². The van der Waals surface area contributed by atoms with Crippen molar-refractivity contribution in [3.63, 3.8) is 0 Å². The Morgan fingerprint density at radius 3 is 2.78 bits per heavy atom. The van der Waals surface area contributed by atoms with Crippen LogP contribution in [0, 0.1) is 17.2 Å². The third kappa shape index (κ3) is 4.31. The normalized spacial score (nSPS) is 20.1. The summed E-state index contributed by atoms with van der Waals surface area (Å²) in [4.78, 5) is 12.8. The second kappa shape index (κ2) is 8.73. The van der Waals surface area contributed by atoms with E-state index in [1.807, 2.05) is 43.3 Å². The van der Waals surface area contributed by atoms with Crippen LogP contribution in [0.3, 0.4) is 0 Å². The Labute approximate surface area is 160 Å². The van der Waals surface area contributed by atoms with Gasteiger partial charge in [0.05, 0.1) is 6.61 Å². The van der Waals surface area contributed by atoms with E-state index in [1.165, 1.54) is 6.42 Å². The minimum atomic E-state index is -0.299. The van der Waals surface area contributed by atoms with Gasteiger partial charge < -0.3 is 10.1 Å². The molecule has 1 saturated carbocycles. The summed E-state index contributed by atoms with van der Waals surface area (Å²) in [6.45, 7) is 4.61. The van der Waals surface area contributed by atoms with Crippen LogP contribution in [0.5, 0.6) is 5.75 Å². The molecule has 0 heterocycles. The van der Waals surface area contributed by atoms with Gasteiger partial charge in [0.1, 0.15) is 17.4 Å². The fourth-order valence-electron chi connectivity index (χ4n) is 3.78. The fraction of sp³-hybridized carbons (Fsp3) is 0.391. The number of fused-ring (bicyclic) bond motifs is 1. The van der Waals surface area contributed by atoms with Gasteiger partial charge in [-0.25, -0.2) is 0 Å². The number of carbonyl (C=O) groups is 1. The molecule has 1 amide bonds. The van der Waals surface area contributed by atoms with E-state index in [-0.39, 0.29) is 17.5 Å². The second-order valence-electron chi connectivity index (χ2n) is 7.14. The molecule has 0 radical (unpaired) electrons. The maximum absolute atomic E-state index is 12.8. The first kappa shape index (κ1) is 19.0. The number of hydrogen-bond donors (Lipinski definition) is 1. The molecule has 2 aromatic rings. The van der Waals surface area contributed by atoms with E-state index in [2.05, 4.69) is 18.3 Å². The summed E-state index contributed by atoms with van der Waals surface area (Å²) >= 11 is 0. The lowest BCUT2D eigenvalue weighted by atomic mass is 9.86. The lowest BCUT2D eigenvalue weighted by Gasteiger charge is -2.29. The maximum Gasteiger partial charge on any atom is 0.262 e. The van der Waals surface area contributed by atoms with Gasteiger partial charge in [0.25, 0.3) is 5.91 Å². The lowest BCUT2D eigenvalue weighted by Crippen LogP contribution is -2.41. The van der Waals surface area contributed by atoms with Crippen LogP contribution in [0.1, 0.15) is 45.1 Å². The van der Waals surface area contributed by atoms with Gasteiger partial charge in [0.2, 0.25) is 0 Å². The predicted octanol–water partition coefficient (Wildman–Crippen LogP) is 4.84. The third-order valence-corrected chi connectivity index (χ3v) is 5.31. The molecular formula is C23H26N2O2. The van der Waals surface area contributed by atoms with Gasteiger partial charge in [-0.3, -0.25) is 4.79 Å². The highest BCUT2D eigenvalue weighted by molar-refractivity contribution is 6.05. The van der Waals surface area contributed by atoms with E-state index < -0.39 is 0 Å². The topological polar surface area (TPSA) is 62.1 Å². The number of nitrogens with zero attached hydrogens (tertiary/aromatic N) is 1. The Balaban J connectivity index is 1.96. The first-order valence-corrected chi connectivity index (χ1v) is 9.71. The van der Waals surface area contributed by atoms with Crippen LogP contribution in [-0.4, -0.2) is 18.6 Å². The third-order valence-electron chi connectivity index (χ3n) is 5.31. The van der Waals surface area contributed by atoms with E-state index in [1.54, 1.807) is 6.08 Å². The molecule has 0 bridgehead atoms. The zero-order chi connectivity index (χ0) is 19.2. The first-order chi connectivity index (χ1) is 13.1. The quantitative estimate of drug-likeness (QED) is 0.611. The predicted molar refractivity (Wildman–Crippen MR) is 108 cm³/mol. The Kier molecular flexibility index (Phi) is 6.13. The van der Waals surface area contributed by atoms with Crippen molar-refractivity contribution < 1.29 is 9.53 Å². The number of hydrogen-bond acceptors (Lipinski definition) is 3. The molecule has 1 aliphatic carbocycles. The molecule has 0 unspecified atom stereocenters. The van der Waals surface area contributed by atoms with E-state index in [0.717, 1.165) is 35.6 Å². The van der Waals surface area contributed by atoms with Gasteiger partial charge in [-0.1, -0.05) is 50.1 Å². The summed E-state index contributed by atoms with van der Waals surface area (Å²) in [5, 5.41) is 14.7. The van der Waals surface area contributed by atoms with Crippen LogP contribution >= 0.6 is 0 Å². The molecule has 140 valence electrons. The zero-order valence-electron chi connectivity index (χ0n) is 16.0. The molecule has 27 heavy (non-hydrogen) atoms. The van der Waals surface area contributed by atoms with Gasteiger partial charge in [-0.05, 0) is 48.6 Å². The van der Waals surface area contributed by atoms with Crippen molar-refractivity contribution in [1.29, 1.82) is 5.26 Å². The van der Waals surface area contributed by atoms with Crippen LogP contribution in [0.4, 0.5) is 0 Å². The molecule has 3 rings (SSSR count). The summed E-state index contributed by atoms with van der Waals surface area (Å²) in [5.41, 5.74) is 0.892. The number of ether oxygens (including phenoxy) is 1. The molecule has 0 spiro atoms.